The van der Waals surface area contributed by atoms with Crippen LogP contribution in [0.1, 0.15) is 27.2 Å². The molecule has 0 fully saturated rings. The molecule has 0 saturated carbocycles. The highest BCUT2D eigenvalue weighted by Gasteiger charge is 2.19. The maximum atomic E-state index is 8.96. The van der Waals surface area contributed by atoms with Crippen molar-refractivity contribution in [3.8, 4) is 0 Å². The van der Waals surface area contributed by atoms with Crippen LogP contribution < -0.4 is 5.32 Å². The highest BCUT2D eigenvalue weighted by Crippen LogP contribution is 2.06. The van der Waals surface area contributed by atoms with Gasteiger partial charge in [-0.1, -0.05) is 6.92 Å². The van der Waals surface area contributed by atoms with Gasteiger partial charge in [0.2, 0.25) is 0 Å². The Morgan fingerprint density at radius 1 is 1.55 bits per heavy atom. The highest BCUT2D eigenvalue weighted by atomic mass is 16.3. The average molecular weight is 161 g/mol. The van der Waals surface area contributed by atoms with E-state index in [1.807, 2.05) is 13.8 Å². The first-order valence-corrected chi connectivity index (χ1v) is 4.08. The highest BCUT2D eigenvalue weighted by molar-refractivity contribution is 4.80. The number of aliphatic hydroxyl groups excluding tert-OH is 2. The Morgan fingerprint density at radius 2 is 2.09 bits per heavy atom. The summed E-state index contributed by atoms with van der Waals surface area (Å²) < 4.78 is 0. The number of aliphatic hydroxyl groups is 2. The van der Waals surface area contributed by atoms with Crippen molar-refractivity contribution in [1.29, 1.82) is 0 Å². The molecule has 0 radical (unpaired) electrons. The van der Waals surface area contributed by atoms with Crippen molar-refractivity contribution in [3.63, 3.8) is 0 Å². The largest absolute Gasteiger partial charge is 0.394 e. The minimum Gasteiger partial charge on any atom is -0.394 e. The molecule has 0 aliphatic heterocycles. The van der Waals surface area contributed by atoms with E-state index in [0.29, 0.717) is 6.54 Å². The molecular formula is C8H19NO2. The summed E-state index contributed by atoms with van der Waals surface area (Å²) in [5.74, 6) is 0. The molecule has 1 unspecified atom stereocenters. The van der Waals surface area contributed by atoms with Gasteiger partial charge in [-0.05, 0) is 20.3 Å². The van der Waals surface area contributed by atoms with Crippen LogP contribution in [0.4, 0.5) is 0 Å². The molecule has 68 valence electrons. The number of nitrogens with one attached hydrogen (secondary N) is 1. The topological polar surface area (TPSA) is 52.5 Å². The van der Waals surface area contributed by atoms with Crippen LogP contribution in [0.2, 0.25) is 0 Å². The van der Waals surface area contributed by atoms with Gasteiger partial charge in [-0.2, -0.15) is 0 Å². The summed E-state index contributed by atoms with van der Waals surface area (Å²) in [7, 11) is 0. The number of hydrogen-bond acceptors (Lipinski definition) is 3. The molecule has 0 aliphatic carbocycles. The first kappa shape index (κ1) is 10.9. The molecule has 3 nitrogen and oxygen atoms in total. The van der Waals surface area contributed by atoms with Crippen molar-refractivity contribution in [3.05, 3.63) is 0 Å². The quantitative estimate of drug-likeness (QED) is 0.537. The lowest BCUT2D eigenvalue weighted by atomic mass is 10.0. The Hall–Kier alpha value is -0.120. The lowest BCUT2D eigenvalue weighted by molar-refractivity contribution is 0.134. The fourth-order valence-electron chi connectivity index (χ4n) is 0.687. The minimum absolute atomic E-state index is 0.107. The Labute approximate surface area is 68.4 Å². The predicted octanol–water partition coefficient (Wildman–Crippen LogP) is 0.118. The van der Waals surface area contributed by atoms with E-state index < -0.39 is 0 Å². The van der Waals surface area contributed by atoms with Crippen molar-refractivity contribution >= 4 is 0 Å². The van der Waals surface area contributed by atoms with Crippen molar-refractivity contribution < 1.29 is 10.2 Å². The second-order valence-corrected chi connectivity index (χ2v) is 3.30. The van der Waals surface area contributed by atoms with Gasteiger partial charge in [0.25, 0.3) is 0 Å². The standard InChI is InChI=1S/C8H19NO2/c1-4-8(3,6-10)9-5-7(2)11/h7,9-11H,4-6H2,1-3H3/t7-,8?/m1/s1. The van der Waals surface area contributed by atoms with E-state index in [2.05, 4.69) is 5.32 Å². The molecule has 0 aromatic rings. The Bertz CT molecular complexity index is 100. The van der Waals surface area contributed by atoms with Gasteiger partial charge in [0.15, 0.2) is 0 Å². The van der Waals surface area contributed by atoms with E-state index in [9.17, 15) is 0 Å². The van der Waals surface area contributed by atoms with E-state index >= 15 is 0 Å². The van der Waals surface area contributed by atoms with E-state index in [-0.39, 0.29) is 18.2 Å². The summed E-state index contributed by atoms with van der Waals surface area (Å²) in [6.07, 6.45) is 0.503. The van der Waals surface area contributed by atoms with Crippen LogP contribution in [0.5, 0.6) is 0 Å². The third-order valence-electron chi connectivity index (χ3n) is 1.95. The zero-order chi connectivity index (χ0) is 8.91. The number of hydrogen-bond donors (Lipinski definition) is 3. The molecule has 0 amide bonds. The average Bonchev–Trinajstić information content (AvgIpc) is 2.00. The Morgan fingerprint density at radius 3 is 2.36 bits per heavy atom. The first-order chi connectivity index (χ1) is 5.04. The first-order valence-electron chi connectivity index (χ1n) is 4.08. The maximum Gasteiger partial charge on any atom is 0.0636 e. The van der Waals surface area contributed by atoms with Crippen molar-refractivity contribution in [2.45, 2.75) is 38.8 Å². The molecule has 0 heterocycles. The maximum absolute atomic E-state index is 8.96. The predicted molar refractivity (Wildman–Crippen MR) is 45.5 cm³/mol. The third kappa shape index (κ3) is 4.35. The van der Waals surface area contributed by atoms with Gasteiger partial charge in [-0.15, -0.1) is 0 Å². The van der Waals surface area contributed by atoms with Gasteiger partial charge in [-0.25, -0.2) is 0 Å². The third-order valence-corrected chi connectivity index (χ3v) is 1.95. The van der Waals surface area contributed by atoms with E-state index in [1.54, 1.807) is 6.92 Å². The fourth-order valence-corrected chi connectivity index (χ4v) is 0.687. The molecule has 0 bridgehead atoms. The zero-order valence-corrected chi connectivity index (χ0v) is 7.59. The summed E-state index contributed by atoms with van der Waals surface area (Å²) in [5, 5.41) is 21.0. The van der Waals surface area contributed by atoms with Crippen LogP contribution in [0.25, 0.3) is 0 Å². The molecule has 0 aliphatic rings. The summed E-state index contributed by atoms with van der Waals surface area (Å²) in [5.41, 5.74) is -0.239. The number of β-amino-alcohol motifs (C(OH)–C–C–N with tert-alkyl or cyclic N) is 1. The van der Waals surface area contributed by atoms with Gasteiger partial charge in [-0.3, -0.25) is 0 Å². The van der Waals surface area contributed by atoms with Crippen LogP contribution in [-0.4, -0.2) is 35.0 Å². The second kappa shape index (κ2) is 4.70. The normalized spacial score (nSPS) is 19.4. The Kier molecular flexibility index (Phi) is 4.65. The van der Waals surface area contributed by atoms with Crippen molar-refractivity contribution in [1.82, 2.24) is 5.32 Å². The summed E-state index contributed by atoms with van der Waals surface area (Å²) in [6.45, 7) is 6.31. The van der Waals surface area contributed by atoms with Crippen molar-refractivity contribution in [2.24, 2.45) is 0 Å². The summed E-state index contributed by atoms with van der Waals surface area (Å²) in [4.78, 5) is 0. The molecule has 2 atom stereocenters. The zero-order valence-electron chi connectivity index (χ0n) is 7.59. The van der Waals surface area contributed by atoms with Crippen LogP contribution in [-0.2, 0) is 0 Å². The van der Waals surface area contributed by atoms with Crippen LogP contribution in [0.3, 0.4) is 0 Å². The molecule has 0 spiro atoms. The minimum atomic E-state index is -0.354. The van der Waals surface area contributed by atoms with Crippen LogP contribution >= 0.6 is 0 Å². The smallest absolute Gasteiger partial charge is 0.0636 e. The molecule has 3 N–H and O–H groups in total. The van der Waals surface area contributed by atoms with Gasteiger partial charge < -0.3 is 15.5 Å². The van der Waals surface area contributed by atoms with Crippen LogP contribution in [0, 0.1) is 0 Å². The molecule has 0 aromatic carbocycles. The summed E-state index contributed by atoms with van der Waals surface area (Å²) >= 11 is 0. The molecular weight excluding hydrogens is 142 g/mol. The number of rotatable bonds is 5. The molecule has 0 saturated heterocycles. The van der Waals surface area contributed by atoms with E-state index in [1.165, 1.54) is 0 Å². The molecule has 0 aromatic heterocycles. The van der Waals surface area contributed by atoms with Crippen LogP contribution in [0.15, 0.2) is 0 Å². The second-order valence-electron chi connectivity index (χ2n) is 3.30. The lowest BCUT2D eigenvalue weighted by Gasteiger charge is -2.27. The lowest BCUT2D eigenvalue weighted by Crippen LogP contribution is -2.47. The monoisotopic (exact) mass is 161 g/mol. The van der Waals surface area contributed by atoms with Crippen molar-refractivity contribution in [2.75, 3.05) is 13.2 Å². The fraction of sp³-hybridized carbons (Fsp3) is 1.00. The van der Waals surface area contributed by atoms with Gasteiger partial charge in [0.1, 0.15) is 0 Å². The SMILES string of the molecule is CCC(C)(CO)NC[C@@H](C)O. The molecule has 11 heavy (non-hydrogen) atoms. The van der Waals surface area contributed by atoms with E-state index in [0.717, 1.165) is 6.42 Å². The molecule has 3 heteroatoms. The van der Waals surface area contributed by atoms with E-state index in [4.69, 9.17) is 10.2 Å². The molecule has 0 rings (SSSR count). The van der Waals surface area contributed by atoms with Gasteiger partial charge >= 0.3 is 0 Å². The van der Waals surface area contributed by atoms with Gasteiger partial charge in [0.05, 0.1) is 12.7 Å². The Balaban J connectivity index is 3.69. The van der Waals surface area contributed by atoms with Gasteiger partial charge in [0, 0.05) is 12.1 Å². The summed E-state index contributed by atoms with van der Waals surface area (Å²) in [6, 6.07) is 0.